The lowest BCUT2D eigenvalue weighted by Gasteiger charge is -2.03. The standard InChI is InChI=1S/C7H5Cl2FO/c8-5-1-2-6(11)4(3-10)7(5)9/h1-2,11H,3H2. The number of aromatic hydroxyl groups is 1. The van der Waals surface area contributed by atoms with Crippen LogP contribution in [0.5, 0.6) is 5.75 Å². The first-order chi connectivity index (χ1) is 5.16. The fourth-order valence-corrected chi connectivity index (χ4v) is 1.10. The zero-order chi connectivity index (χ0) is 8.43. The van der Waals surface area contributed by atoms with Crippen molar-refractivity contribution in [3.05, 3.63) is 27.7 Å². The minimum atomic E-state index is -0.814. The Balaban J connectivity index is 3.29. The predicted molar refractivity (Wildman–Crippen MR) is 42.9 cm³/mol. The molecule has 0 amide bonds. The number of phenols is 1. The summed E-state index contributed by atoms with van der Waals surface area (Å²) in [5.41, 5.74) is 0.0409. The van der Waals surface area contributed by atoms with Gasteiger partial charge < -0.3 is 5.11 Å². The van der Waals surface area contributed by atoms with Gasteiger partial charge in [-0.1, -0.05) is 23.2 Å². The zero-order valence-electron chi connectivity index (χ0n) is 5.44. The van der Waals surface area contributed by atoms with Crippen molar-refractivity contribution < 1.29 is 9.50 Å². The quantitative estimate of drug-likeness (QED) is 0.729. The molecular weight excluding hydrogens is 190 g/mol. The van der Waals surface area contributed by atoms with Crippen LogP contribution in [0, 0.1) is 0 Å². The molecule has 0 saturated heterocycles. The summed E-state index contributed by atoms with van der Waals surface area (Å²) >= 11 is 11.1. The maximum atomic E-state index is 12.1. The zero-order valence-corrected chi connectivity index (χ0v) is 6.95. The van der Waals surface area contributed by atoms with Gasteiger partial charge in [0.25, 0.3) is 0 Å². The van der Waals surface area contributed by atoms with E-state index >= 15 is 0 Å². The smallest absolute Gasteiger partial charge is 0.123 e. The van der Waals surface area contributed by atoms with E-state index in [0.717, 1.165) is 0 Å². The van der Waals surface area contributed by atoms with Gasteiger partial charge in [-0.3, -0.25) is 0 Å². The second-order valence-corrected chi connectivity index (χ2v) is 2.78. The van der Waals surface area contributed by atoms with E-state index in [1.54, 1.807) is 0 Å². The summed E-state index contributed by atoms with van der Waals surface area (Å²) in [6.45, 7) is -0.814. The molecular formula is C7H5Cl2FO. The van der Waals surface area contributed by atoms with Gasteiger partial charge >= 0.3 is 0 Å². The van der Waals surface area contributed by atoms with E-state index < -0.39 is 6.67 Å². The number of halogens is 3. The molecule has 0 aliphatic carbocycles. The van der Waals surface area contributed by atoms with Crippen molar-refractivity contribution in [1.29, 1.82) is 0 Å². The van der Waals surface area contributed by atoms with Crippen LogP contribution in [0.3, 0.4) is 0 Å². The van der Waals surface area contributed by atoms with Crippen molar-refractivity contribution in [1.82, 2.24) is 0 Å². The fraction of sp³-hybridized carbons (Fsp3) is 0.143. The first-order valence-corrected chi connectivity index (χ1v) is 3.64. The molecule has 4 heteroatoms. The van der Waals surface area contributed by atoms with Crippen LogP contribution in [0.1, 0.15) is 5.56 Å². The molecule has 1 N–H and O–H groups in total. The maximum Gasteiger partial charge on any atom is 0.123 e. The molecule has 0 fully saturated rings. The SMILES string of the molecule is Oc1ccc(Cl)c(Cl)c1CF. The van der Waals surface area contributed by atoms with E-state index in [2.05, 4.69) is 0 Å². The van der Waals surface area contributed by atoms with Gasteiger partial charge in [0.1, 0.15) is 12.4 Å². The molecule has 1 nitrogen and oxygen atoms in total. The van der Waals surface area contributed by atoms with Gasteiger partial charge in [0, 0.05) is 5.56 Å². The highest BCUT2D eigenvalue weighted by molar-refractivity contribution is 6.42. The van der Waals surface area contributed by atoms with Crippen LogP contribution in [0.25, 0.3) is 0 Å². The summed E-state index contributed by atoms with van der Waals surface area (Å²) in [5, 5.41) is 9.36. The van der Waals surface area contributed by atoms with Crippen molar-refractivity contribution in [2.75, 3.05) is 0 Å². The highest BCUT2D eigenvalue weighted by Gasteiger charge is 2.08. The highest BCUT2D eigenvalue weighted by atomic mass is 35.5. The van der Waals surface area contributed by atoms with Gasteiger partial charge in [0.15, 0.2) is 0 Å². The van der Waals surface area contributed by atoms with Crippen LogP contribution in [0.4, 0.5) is 4.39 Å². The van der Waals surface area contributed by atoms with Crippen molar-refractivity contribution in [3.63, 3.8) is 0 Å². The van der Waals surface area contributed by atoms with Crippen LogP contribution >= 0.6 is 23.2 Å². The first-order valence-electron chi connectivity index (χ1n) is 2.88. The van der Waals surface area contributed by atoms with Gasteiger partial charge in [0.05, 0.1) is 10.0 Å². The second kappa shape index (κ2) is 3.28. The molecule has 0 unspecified atom stereocenters. The molecule has 0 bridgehead atoms. The van der Waals surface area contributed by atoms with E-state index in [4.69, 9.17) is 28.3 Å². The fourth-order valence-electron chi connectivity index (χ4n) is 0.710. The lowest BCUT2D eigenvalue weighted by molar-refractivity contribution is 0.433. The van der Waals surface area contributed by atoms with Crippen LogP contribution in [0.2, 0.25) is 10.0 Å². The molecule has 0 aliphatic rings. The number of alkyl halides is 1. The Bertz CT molecular complexity index is 275. The summed E-state index contributed by atoms with van der Waals surface area (Å²) in [5.74, 6) is -0.165. The molecule has 0 spiro atoms. The average Bonchev–Trinajstić information content (AvgIpc) is 1.99. The molecule has 0 radical (unpaired) electrons. The third kappa shape index (κ3) is 1.57. The topological polar surface area (TPSA) is 20.2 Å². The van der Waals surface area contributed by atoms with E-state index in [0.29, 0.717) is 0 Å². The first kappa shape index (κ1) is 8.62. The average molecular weight is 195 g/mol. The van der Waals surface area contributed by atoms with Crippen LogP contribution < -0.4 is 0 Å². The second-order valence-electron chi connectivity index (χ2n) is 1.99. The number of hydrogen-bond acceptors (Lipinski definition) is 1. The number of hydrogen-bond donors (Lipinski definition) is 1. The molecule has 0 aliphatic heterocycles. The third-order valence-corrected chi connectivity index (χ3v) is 2.15. The van der Waals surface area contributed by atoms with Crippen molar-refractivity contribution >= 4 is 23.2 Å². The van der Waals surface area contributed by atoms with Crippen molar-refractivity contribution in [2.45, 2.75) is 6.67 Å². The molecule has 0 saturated carbocycles. The molecule has 0 atom stereocenters. The van der Waals surface area contributed by atoms with Crippen LogP contribution in [-0.2, 0) is 6.67 Å². The van der Waals surface area contributed by atoms with Crippen molar-refractivity contribution in [3.8, 4) is 5.75 Å². The number of rotatable bonds is 1. The molecule has 1 rings (SSSR count). The maximum absolute atomic E-state index is 12.1. The summed E-state index contributed by atoms with van der Waals surface area (Å²) in [6, 6.07) is 2.72. The Morgan fingerprint density at radius 3 is 2.45 bits per heavy atom. The third-order valence-electron chi connectivity index (χ3n) is 1.30. The van der Waals surface area contributed by atoms with E-state index in [1.807, 2.05) is 0 Å². The van der Waals surface area contributed by atoms with E-state index in [9.17, 15) is 4.39 Å². The van der Waals surface area contributed by atoms with Crippen LogP contribution in [0.15, 0.2) is 12.1 Å². The van der Waals surface area contributed by atoms with Gasteiger partial charge in [-0.05, 0) is 12.1 Å². The lowest BCUT2D eigenvalue weighted by Crippen LogP contribution is -1.82. The largest absolute Gasteiger partial charge is 0.508 e. The van der Waals surface area contributed by atoms with Gasteiger partial charge in [0.2, 0.25) is 0 Å². The summed E-state index contributed by atoms with van der Waals surface area (Å²) in [4.78, 5) is 0. The molecule has 1 aromatic carbocycles. The monoisotopic (exact) mass is 194 g/mol. The Morgan fingerprint density at radius 1 is 1.36 bits per heavy atom. The molecule has 60 valence electrons. The molecule has 0 aromatic heterocycles. The Kier molecular flexibility index (Phi) is 2.58. The van der Waals surface area contributed by atoms with Gasteiger partial charge in [-0.25, -0.2) is 4.39 Å². The van der Waals surface area contributed by atoms with E-state index in [1.165, 1.54) is 12.1 Å². The van der Waals surface area contributed by atoms with Gasteiger partial charge in [-0.2, -0.15) is 0 Å². The minimum absolute atomic E-state index is 0.0409. The van der Waals surface area contributed by atoms with E-state index in [-0.39, 0.29) is 21.4 Å². The Hall–Kier alpha value is -0.470. The predicted octanol–water partition coefficient (Wildman–Crippen LogP) is 3.17. The normalized spacial score (nSPS) is 10.1. The Morgan fingerprint density at radius 2 is 2.00 bits per heavy atom. The van der Waals surface area contributed by atoms with Crippen LogP contribution in [-0.4, -0.2) is 5.11 Å². The minimum Gasteiger partial charge on any atom is -0.508 e. The summed E-state index contributed by atoms with van der Waals surface area (Å²) in [6.07, 6.45) is 0. The summed E-state index contributed by atoms with van der Waals surface area (Å²) in [7, 11) is 0. The molecule has 0 heterocycles. The molecule has 11 heavy (non-hydrogen) atoms. The Labute approximate surface area is 73.4 Å². The number of phenolic OH excluding ortho intramolecular Hbond substituents is 1. The molecule has 1 aromatic rings. The van der Waals surface area contributed by atoms with Gasteiger partial charge in [-0.15, -0.1) is 0 Å². The lowest BCUT2D eigenvalue weighted by atomic mass is 10.2. The summed E-state index contributed by atoms with van der Waals surface area (Å²) < 4.78 is 12.1. The number of benzene rings is 1. The highest BCUT2D eigenvalue weighted by Crippen LogP contribution is 2.32. The van der Waals surface area contributed by atoms with Crippen molar-refractivity contribution in [2.24, 2.45) is 0 Å².